The molecule has 1 aliphatic rings. The van der Waals surface area contributed by atoms with Gasteiger partial charge in [0.1, 0.15) is 6.04 Å². The van der Waals surface area contributed by atoms with Crippen molar-refractivity contribution in [3.05, 3.63) is 24.3 Å². The van der Waals surface area contributed by atoms with E-state index < -0.39 is 22.0 Å². The van der Waals surface area contributed by atoms with Crippen LogP contribution in [-0.2, 0) is 14.8 Å². The Balaban J connectivity index is 2.36. The van der Waals surface area contributed by atoms with Crippen LogP contribution >= 0.6 is 11.8 Å². The van der Waals surface area contributed by atoms with Crippen LogP contribution in [0.2, 0.25) is 0 Å². The lowest BCUT2D eigenvalue weighted by atomic mass is 10.3. The van der Waals surface area contributed by atoms with E-state index in [1.807, 2.05) is 0 Å². The van der Waals surface area contributed by atoms with Gasteiger partial charge >= 0.3 is 5.97 Å². The summed E-state index contributed by atoms with van der Waals surface area (Å²) in [6, 6.07) is 4.72. The lowest BCUT2D eigenvalue weighted by Crippen LogP contribution is -2.41. The molecule has 2 rings (SSSR count). The highest BCUT2D eigenvalue weighted by Gasteiger charge is 2.39. The number of hydrogen-bond acceptors (Lipinski definition) is 5. The Morgan fingerprint density at radius 1 is 1.39 bits per heavy atom. The molecular weight excluding hydrogens is 276 g/mol. The molecule has 8 heteroatoms. The number of thioether (sulfide) groups is 1. The molecule has 1 saturated heterocycles. The second-order valence-corrected chi connectivity index (χ2v) is 6.71. The molecule has 0 amide bonds. The summed E-state index contributed by atoms with van der Waals surface area (Å²) in [4.78, 5) is 11.1. The SMILES string of the molecule is Nc1ccc(S(=O)(=O)N2CSCC2C(=O)O)cc1. The smallest absolute Gasteiger partial charge is 0.322 e. The first-order valence-electron chi connectivity index (χ1n) is 5.11. The van der Waals surface area contributed by atoms with Crippen molar-refractivity contribution in [1.29, 1.82) is 0 Å². The van der Waals surface area contributed by atoms with Gasteiger partial charge in [0.2, 0.25) is 10.0 Å². The second-order valence-electron chi connectivity index (χ2n) is 3.82. The molecule has 1 unspecified atom stereocenters. The topological polar surface area (TPSA) is 101 Å². The molecule has 0 spiro atoms. The van der Waals surface area contributed by atoms with Crippen molar-refractivity contribution in [2.45, 2.75) is 10.9 Å². The van der Waals surface area contributed by atoms with Crippen molar-refractivity contribution in [2.75, 3.05) is 17.4 Å². The Bertz CT molecular complexity index is 556. The molecule has 1 fully saturated rings. The van der Waals surface area contributed by atoms with Crippen LogP contribution in [0.1, 0.15) is 0 Å². The molecule has 0 bridgehead atoms. The van der Waals surface area contributed by atoms with Crippen molar-refractivity contribution in [3.63, 3.8) is 0 Å². The van der Waals surface area contributed by atoms with Gasteiger partial charge in [0.05, 0.1) is 10.8 Å². The summed E-state index contributed by atoms with van der Waals surface area (Å²) in [5.74, 6) is -0.702. The van der Waals surface area contributed by atoms with Gasteiger partial charge in [0.25, 0.3) is 0 Å². The first-order chi connectivity index (χ1) is 8.43. The van der Waals surface area contributed by atoms with E-state index in [1.54, 1.807) is 0 Å². The van der Waals surface area contributed by atoms with Crippen LogP contribution in [0.15, 0.2) is 29.2 Å². The zero-order chi connectivity index (χ0) is 13.3. The first kappa shape index (κ1) is 13.2. The maximum absolute atomic E-state index is 12.3. The summed E-state index contributed by atoms with van der Waals surface area (Å²) < 4.78 is 25.5. The third-order valence-corrected chi connectivity index (χ3v) is 5.66. The Morgan fingerprint density at radius 3 is 2.56 bits per heavy atom. The minimum atomic E-state index is -3.77. The standard InChI is InChI=1S/C10H12N2O4S2/c11-7-1-3-8(4-2-7)18(15,16)12-6-17-5-9(12)10(13)14/h1-4,9H,5-6,11H2,(H,13,14). The van der Waals surface area contributed by atoms with E-state index in [2.05, 4.69) is 0 Å². The summed E-state index contributed by atoms with van der Waals surface area (Å²) in [6.45, 7) is 0. The predicted octanol–water partition coefficient (Wildman–Crippen LogP) is 0.417. The van der Waals surface area contributed by atoms with Gasteiger partial charge in [-0.25, -0.2) is 8.42 Å². The van der Waals surface area contributed by atoms with Gasteiger partial charge in [0, 0.05) is 11.4 Å². The maximum Gasteiger partial charge on any atom is 0.322 e. The van der Waals surface area contributed by atoms with Crippen LogP contribution in [0, 0.1) is 0 Å². The summed E-state index contributed by atoms with van der Waals surface area (Å²) in [5.41, 5.74) is 5.95. The van der Waals surface area contributed by atoms with Gasteiger partial charge in [-0.1, -0.05) is 0 Å². The summed E-state index contributed by atoms with van der Waals surface area (Å²) in [6.07, 6.45) is 0. The number of aliphatic carboxylic acids is 1. The fourth-order valence-electron chi connectivity index (χ4n) is 1.63. The highest BCUT2D eigenvalue weighted by atomic mass is 32.2. The number of hydrogen-bond donors (Lipinski definition) is 2. The number of anilines is 1. The van der Waals surface area contributed by atoms with Crippen LogP contribution < -0.4 is 5.73 Å². The monoisotopic (exact) mass is 288 g/mol. The van der Waals surface area contributed by atoms with E-state index in [0.29, 0.717) is 5.69 Å². The number of carbonyl (C=O) groups is 1. The van der Waals surface area contributed by atoms with Crippen molar-refractivity contribution >= 4 is 33.4 Å². The molecule has 18 heavy (non-hydrogen) atoms. The number of nitrogens with zero attached hydrogens (tertiary/aromatic N) is 1. The van der Waals surface area contributed by atoms with Gasteiger partial charge in [-0.3, -0.25) is 4.79 Å². The molecule has 1 aromatic rings. The number of carboxylic acids is 1. The molecule has 1 aromatic carbocycles. The van der Waals surface area contributed by atoms with Crippen molar-refractivity contribution in [3.8, 4) is 0 Å². The van der Waals surface area contributed by atoms with E-state index in [-0.39, 0.29) is 16.5 Å². The highest BCUT2D eigenvalue weighted by molar-refractivity contribution is 8.00. The average molecular weight is 288 g/mol. The lowest BCUT2D eigenvalue weighted by Gasteiger charge is -2.20. The molecule has 0 aromatic heterocycles. The molecular formula is C10H12N2O4S2. The maximum atomic E-state index is 12.3. The number of nitrogen functional groups attached to an aromatic ring is 1. The minimum Gasteiger partial charge on any atom is -0.480 e. The molecule has 1 heterocycles. The normalized spacial score (nSPS) is 21.0. The van der Waals surface area contributed by atoms with Crippen molar-refractivity contribution < 1.29 is 18.3 Å². The van der Waals surface area contributed by atoms with Crippen LogP contribution in [0.25, 0.3) is 0 Å². The molecule has 1 aliphatic heterocycles. The molecule has 6 nitrogen and oxygen atoms in total. The van der Waals surface area contributed by atoms with Gasteiger partial charge in [0.15, 0.2) is 0 Å². The molecule has 0 radical (unpaired) electrons. The number of carboxylic acid groups (broad SMARTS) is 1. The fourth-order valence-corrected chi connectivity index (χ4v) is 4.77. The van der Waals surface area contributed by atoms with Gasteiger partial charge < -0.3 is 10.8 Å². The van der Waals surface area contributed by atoms with Crippen LogP contribution in [0.5, 0.6) is 0 Å². The molecule has 0 saturated carbocycles. The molecule has 1 atom stereocenters. The Hall–Kier alpha value is -1.25. The Labute approximate surface area is 109 Å². The highest BCUT2D eigenvalue weighted by Crippen LogP contribution is 2.28. The van der Waals surface area contributed by atoms with Gasteiger partial charge in [-0.15, -0.1) is 11.8 Å². The van der Waals surface area contributed by atoms with Crippen molar-refractivity contribution in [1.82, 2.24) is 4.31 Å². The van der Waals surface area contributed by atoms with E-state index in [0.717, 1.165) is 4.31 Å². The van der Waals surface area contributed by atoms with E-state index >= 15 is 0 Å². The van der Waals surface area contributed by atoms with Gasteiger partial charge in [-0.05, 0) is 24.3 Å². The Kier molecular flexibility index (Phi) is 3.51. The predicted molar refractivity (Wildman–Crippen MR) is 68.6 cm³/mol. The first-order valence-corrected chi connectivity index (χ1v) is 7.70. The summed E-state index contributed by atoms with van der Waals surface area (Å²) >= 11 is 1.28. The quantitative estimate of drug-likeness (QED) is 0.782. The number of nitrogens with two attached hydrogens (primary N) is 1. The largest absolute Gasteiger partial charge is 0.480 e. The second kappa shape index (κ2) is 4.79. The molecule has 98 valence electrons. The van der Waals surface area contributed by atoms with Crippen molar-refractivity contribution in [2.24, 2.45) is 0 Å². The zero-order valence-corrected chi connectivity index (χ0v) is 10.9. The number of rotatable bonds is 3. The van der Waals surface area contributed by atoms with E-state index in [4.69, 9.17) is 10.8 Å². The number of sulfonamides is 1. The van der Waals surface area contributed by atoms with E-state index in [1.165, 1.54) is 36.0 Å². The van der Waals surface area contributed by atoms with Gasteiger partial charge in [-0.2, -0.15) is 4.31 Å². The fraction of sp³-hybridized carbons (Fsp3) is 0.300. The number of benzene rings is 1. The minimum absolute atomic E-state index is 0.0606. The van der Waals surface area contributed by atoms with Crippen LogP contribution in [0.4, 0.5) is 5.69 Å². The van der Waals surface area contributed by atoms with E-state index in [9.17, 15) is 13.2 Å². The third-order valence-electron chi connectivity index (χ3n) is 2.61. The van der Waals surface area contributed by atoms with Crippen LogP contribution in [0.3, 0.4) is 0 Å². The molecule has 3 N–H and O–H groups in total. The summed E-state index contributed by atoms with van der Waals surface area (Å²) in [7, 11) is -3.77. The third kappa shape index (κ3) is 2.31. The zero-order valence-electron chi connectivity index (χ0n) is 9.31. The Morgan fingerprint density at radius 2 is 2.00 bits per heavy atom. The summed E-state index contributed by atoms with van der Waals surface area (Å²) in [5, 5.41) is 9.00. The lowest BCUT2D eigenvalue weighted by molar-refractivity contribution is -0.140. The average Bonchev–Trinajstić information content (AvgIpc) is 2.79. The molecule has 0 aliphatic carbocycles. The van der Waals surface area contributed by atoms with Crippen LogP contribution in [-0.4, -0.2) is 41.5 Å².